The second kappa shape index (κ2) is 5.48. The van der Waals surface area contributed by atoms with Gasteiger partial charge < -0.3 is 10.6 Å². The van der Waals surface area contributed by atoms with Gasteiger partial charge >= 0.3 is 0 Å². The molecule has 0 aliphatic heterocycles. The number of nitrogen functional groups attached to an aromatic ring is 1. The van der Waals surface area contributed by atoms with Gasteiger partial charge in [0.1, 0.15) is 11.7 Å². The summed E-state index contributed by atoms with van der Waals surface area (Å²) in [6.07, 6.45) is 3.53. The molecule has 0 aliphatic rings. The van der Waals surface area contributed by atoms with Crippen LogP contribution in [0, 0.1) is 12.3 Å². The van der Waals surface area contributed by atoms with E-state index in [1.54, 1.807) is 12.4 Å². The Hall–Kier alpha value is -2.43. The summed E-state index contributed by atoms with van der Waals surface area (Å²) in [6, 6.07) is 7.61. The van der Waals surface area contributed by atoms with Gasteiger partial charge in [0.2, 0.25) is 0 Å². The molecule has 98 valence electrons. The normalized spacial score (nSPS) is 10.2. The highest BCUT2D eigenvalue weighted by molar-refractivity contribution is 5.99. The fraction of sp³-hybridized carbons (Fsp3) is 0.214. The molecule has 0 fully saturated rings. The van der Waals surface area contributed by atoms with Crippen LogP contribution in [0.25, 0.3) is 0 Å². The first-order chi connectivity index (χ1) is 9.08. The fourth-order valence-electron chi connectivity index (χ4n) is 1.88. The van der Waals surface area contributed by atoms with Crippen LogP contribution in [0.2, 0.25) is 0 Å². The quantitative estimate of drug-likeness (QED) is 0.644. The van der Waals surface area contributed by atoms with Crippen molar-refractivity contribution in [2.75, 3.05) is 11.9 Å². The van der Waals surface area contributed by atoms with Crippen molar-refractivity contribution in [1.82, 2.24) is 9.97 Å². The fourth-order valence-corrected chi connectivity index (χ4v) is 1.88. The molecule has 0 unspecified atom stereocenters. The van der Waals surface area contributed by atoms with Crippen LogP contribution in [0.5, 0.6) is 0 Å². The number of amidine groups is 1. The second-order valence-corrected chi connectivity index (χ2v) is 4.45. The van der Waals surface area contributed by atoms with Crippen molar-refractivity contribution in [2.45, 2.75) is 13.5 Å². The molecule has 2 heterocycles. The Morgan fingerprint density at radius 1 is 1.26 bits per heavy atom. The number of aryl methyl sites for hydroxylation is 1. The number of nitrogens with zero attached hydrogens (tertiary/aromatic N) is 3. The maximum atomic E-state index is 7.62. The van der Waals surface area contributed by atoms with Crippen LogP contribution in [-0.4, -0.2) is 22.9 Å². The van der Waals surface area contributed by atoms with Gasteiger partial charge in [-0.1, -0.05) is 0 Å². The van der Waals surface area contributed by atoms with E-state index >= 15 is 0 Å². The van der Waals surface area contributed by atoms with E-state index in [1.165, 1.54) is 0 Å². The molecule has 0 bridgehead atoms. The first kappa shape index (κ1) is 13.0. The van der Waals surface area contributed by atoms with Gasteiger partial charge in [-0.3, -0.25) is 10.4 Å². The molecule has 0 saturated heterocycles. The Bertz CT molecular complexity index is 580. The van der Waals surface area contributed by atoms with E-state index in [1.807, 2.05) is 43.1 Å². The number of nitrogens with two attached hydrogens (primary N) is 1. The Morgan fingerprint density at radius 2 is 1.95 bits per heavy atom. The number of pyridine rings is 2. The van der Waals surface area contributed by atoms with Gasteiger partial charge in [0.05, 0.1) is 5.56 Å². The zero-order valence-corrected chi connectivity index (χ0v) is 11.1. The van der Waals surface area contributed by atoms with E-state index in [4.69, 9.17) is 11.1 Å². The third-order valence-electron chi connectivity index (χ3n) is 2.84. The van der Waals surface area contributed by atoms with Crippen LogP contribution in [0.3, 0.4) is 0 Å². The van der Waals surface area contributed by atoms with E-state index < -0.39 is 0 Å². The topological polar surface area (TPSA) is 78.9 Å². The Kier molecular flexibility index (Phi) is 3.75. The van der Waals surface area contributed by atoms with Gasteiger partial charge in [-0.25, -0.2) is 4.98 Å². The zero-order valence-electron chi connectivity index (χ0n) is 11.1. The van der Waals surface area contributed by atoms with Crippen LogP contribution in [0.1, 0.15) is 16.8 Å². The van der Waals surface area contributed by atoms with E-state index in [9.17, 15) is 0 Å². The van der Waals surface area contributed by atoms with Crippen molar-refractivity contribution >= 4 is 11.7 Å². The lowest BCUT2D eigenvalue weighted by Crippen LogP contribution is -2.23. The summed E-state index contributed by atoms with van der Waals surface area (Å²) in [7, 11) is 1.94. The van der Waals surface area contributed by atoms with Crippen molar-refractivity contribution in [3.05, 3.63) is 53.5 Å². The van der Waals surface area contributed by atoms with E-state index in [0.29, 0.717) is 12.1 Å². The summed E-state index contributed by atoms with van der Waals surface area (Å²) in [5, 5.41) is 7.62. The van der Waals surface area contributed by atoms with E-state index in [2.05, 4.69) is 9.97 Å². The van der Waals surface area contributed by atoms with Crippen LogP contribution < -0.4 is 10.6 Å². The summed E-state index contributed by atoms with van der Waals surface area (Å²) in [6.45, 7) is 2.62. The lowest BCUT2D eigenvalue weighted by atomic mass is 10.2. The second-order valence-electron chi connectivity index (χ2n) is 4.45. The Balaban J connectivity index is 2.30. The van der Waals surface area contributed by atoms with Gasteiger partial charge in [0.25, 0.3) is 0 Å². The Morgan fingerprint density at radius 3 is 2.58 bits per heavy atom. The molecule has 5 nitrogen and oxygen atoms in total. The van der Waals surface area contributed by atoms with Gasteiger partial charge in [0.15, 0.2) is 0 Å². The standard InChI is InChI=1S/C14H17N5/c1-10-3-4-12(13(15)16)14(18-10)19(2)9-11-5-7-17-8-6-11/h3-8H,9H2,1-2H3,(H3,15,16). The molecule has 0 radical (unpaired) electrons. The van der Waals surface area contributed by atoms with Gasteiger partial charge in [-0.2, -0.15) is 0 Å². The Labute approximate surface area is 112 Å². The smallest absolute Gasteiger partial charge is 0.139 e. The summed E-state index contributed by atoms with van der Waals surface area (Å²) >= 11 is 0. The molecule has 5 heteroatoms. The SMILES string of the molecule is Cc1ccc(C(=N)N)c(N(C)Cc2ccncc2)n1. The molecule has 0 spiro atoms. The summed E-state index contributed by atoms with van der Waals surface area (Å²) in [4.78, 5) is 10.5. The molecule has 0 aliphatic carbocycles. The highest BCUT2D eigenvalue weighted by atomic mass is 15.2. The monoisotopic (exact) mass is 255 g/mol. The van der Waals surface area contributed by atoms with Gasteiger partial charge in [0, 0.05) is 31.7 Å². The third-order valence-corrected chi connectivity index (χ3v) is 2.84. The van der Waals surface area contributed by atoms with Crippen molar-refractivity contribution in [3.8, 4) is 0 Å². The van der Waals surface area contributed by atoms with Gasteiger partial charge in [-0.15, -0.1) is 0 Å². The highest BCUT2D eigenvalue weighted by Crippen LogP contribution is 2.18. The minimum atomic E-state index is 0.0316. The van der Waals surface area contributed by atoms with Gasteiger partial charge in [-0.05, 0) is 36.8 Å². The van der Waals surface area contributed by atoms with Crippen LogP contribution in [-0.2, 0) is 6.54 Å². The summed E-state index contributed by atoms with van der Waals surface area (Å²) < 4.78 is 0. The molecule has 0 saturated carbocycles. The maximum absolute atomic E-state index is 7.62. The van der Waals surface area contributed by atoms with Crippen LogP contribution in [0.4, 0.5) is 5.82 Å². The van der Waals surface area contributed by atoms with E-state index in [0.717, 1.165) is 17.1 Å². The lowest BCUT2D eigenvalue weighted by molar-refractivity contribution is 0.887. The molecule has 0 atom stereocenters. The number of nitrogens with one attached hydrogen (secondary N) is 1. The van der Waals surface area contributed by atoms with Crippen molar-refractivity contribution in [3.63, 3.8) is 0 Å². The third kappa shape index (κ3) is 3.07. The molecule has 2 rings (SSSR count). The predicted octanol–water partition coefficient (Wildman–Crippen LogP) is 1.71. The van der Waals surface area contributed by atoms with Crippen molar-refractivity contribution in [1.29, 1.82) is 5.41 Å². The van der Waals surface area contributed by atoms with Crippen LogP contribution in [0.15, 0.2) is 36.7 Å². The molecule has 19 heavy (non-hydrogen) atoms. The van der Waals surface area contributed by atoms with Crippen molar-refractivity contribution < 1.29 is 0 Å². The first-order valence-corrected chi connectivity index (χ1v) is 6.00. The average molecular weight is 255 g/mol. The number of rotatable bonds is 4. The largest absolute Gasteiger partial charge is 0.384 e. The lowest BCUT2D eigenvalue weighted by Gasteiger charge is -2.21. The van der Waals surface area contributed by atoms with Crippen LogP contribution >= 0.6 is 0 Å². The first-order valence-electron chi connectivity index (χ1n) is 6.00. The minimum Gasteiger partial charge on any atom is -0.384 e. The number of aromatic nitrogens is 2. The molecular weight excluding hydrogens is 238 g/mol. The molecule has 3 N–H and O–H groups in total. The van der Waals surface area contributed by atoms with E-state index in [-0.39, 0.29) is 5.84 Å². The maximum Gasteiger partial charge on any atom is 0.139 e. The number of hydrogen-bond acceptors (Lipinski definition) is 4. The highest BCUT2D eigenvalue weighted by Gasteiger charge is 2.12. The average Bonchev–Trinajstić information content (AvgIpc) is 2.39. The number of anilines is 1. The molecule has 2 aromatic rings. The molecule has 2 aromatic heterocycles. The molecule has 0 aromatic carbocycles. The summed E-state index contributed by atoms with van der Waals surface area (Å²) in [5.41, 5.74) is 8.30. The summed E-state index contributed by atoms with van der Waals surface area (Å²) in [5.74, 6) is 0.758. The predicted molar refractivity (Wildman–Crippen MR) is 76.3 cm³/mol. The molecule has 0 amide bonds. The molecular formula is C14H17N5. The zero-order chi connectivity index (χ0) is 13.8. The number of hydrogen-bond donors (Lipinski definition) is 2. The minimum absolute atomic E-state index is 0.0316. The van der Waals surface area contributed by atoms with Crippen molar-refractivity contribution in [2.24, 2.45) is 5.73 Å².